The van der Waals surface area contributed by atoms with Gasteiger partial charge in [0.05, 0.1) is 6.10 Å². The van der Waals surface area contributed by atoms with Crippen LogP contribution in [0.2, 0.25) is 0 Å². The Hall–Kier alpha value is 0.100. The maximum atomic E-state index is 10.7. The van der Waals surface area contributed by atoms with E-state index in [1.54, 1.807) is 11.3 Å². The van der Waals surface area contributed by atoms with Gasteiger partial charge >= 0.3 is 0 Å². The van der Waals surface area contributed by atoms with Gasteiger partial charge in [-0.3, -0.25) is 4.90 Å². The first-order valence-electron chi connectivity index (χ1n) is 6.15. The highest BCUT2D eigenvalue weighted by atomic mass is 79.9. The summed E-state index contributed by atoms with van der Waals surface area (Å²) in [5.41, 5.74) is 0.804. The fraction of sp³-hybridized carbons (Fsp3) is 0.692. The highest BCUT2D eigenvalue weighted by molar-refractivity contribution is 9.10. The predicted molar refractivity (Wildman–Crippen MR) is 78.6 cm³/mol. The first kappa shape index (κ1) is 15.2. The monoisotopic (exact) mass is 319 g/mol. The molecule has 17 heavy (non-hydrogen) atoms. The average molecular weight is 320 g/mol. The summed E-state index contributed by atoms with van der Waals surface area (Å²) in [4.78, 5) is 2.34. The van der Waals surface area contributed by atoms with Crippen molar-refractivity contribution in [1.29, 1.82) is 0 Å². The second-order valence-electron chi connectivity index (χ2n) is 4.46. The van der Waals surface area contributed by atoms with Gasteiger partial charge in [-0.15, -0.1) is 0 Å². The second kappa shape index (κ2) is 6.32. The second-order valence-corrected chi connectivity index (χ2v) is 6.06. The van der Waals surface area contributed by atoms with Gasteiger partial charge in [-0.1, -0.05) is 20.8 Å². The molecular weight excluding hydrogens is 298 g/mol. The summed E-state index contributed by atoms with van der Waals surface area (Å²) in [6.07, 6.45) is 0.478. The fourth-order valence-electron chi connectivity index (χ4n) is 2.36. The van der Waals surface area contributed by atoms with E-state index in [2.05, 4.69) is 48.5 Å². The van der Waals surface area contributed by atoms with Crippen LogP contribution in [-0.4, -0.2) is 28.6 Å². The topological polar surface area (TPSA) is 23.5 Å². The van der Waals surface area contributed by atoms with Gasteiger partial charge in [0.15, 0.2) is 0 Å². The van der Waals surface area contributed by atoms with Crippen LogP contribution in [0.15, 0.2) is 15.2 Å². The van der Waals surface area contributed by atoms with Crippen molar-refractivity contribution in [3.63, 3.8) is 0 Å². The Morgan fingerprint density at radius 1 is 1.35 bits per heavy atom. The third kappa shape index (κ3) is 2.92. The van der Waals surface area contributed by atoms with E-state index >= 15 is 0 Å². The van der Waals surface area contributed by atoms with Crippen LogP contribution in [0.5, 0.6) is 0 Å². The molecule has 0 bridgehead atoms. The third-order valence-corrected chi connectivity index (χ3v) is 5.48. The number of aliphatic hydroxyl groups excluding tert-OH is 1. The van der Waals surface area contributed by atoms with Crippen LogP contribution >= 0.6 is 27.3 Å². The summed E-state index contributed by atoms with van der Waals surface area (Å²) in [7, 11) is 0. The van der Waals surface area contributed by atoms with Gasteiger partial charge in [0.2, 0.25) is 0 Å². The molecule has 4 heteroatoms. The third-order valence-electron chi connectivity index (χ3n) is 3.73. The SMILES string of the molecule is CCN(CC)C(C)(CC)C(O)c1cscc1Br. The van der Waals surface area contributed by atoms with Gasteiger partial charge < -0.3 is 5.11 Å². The van der Waals surface area contributed by atoms with Crippen LogP contribution in [0.3, 0.4) is 0 Å². The first-order valence-corrected chi connectivity index (χ1v) is 7.89. The minimum absolute atomic E-state index is 0.201. The Morgan fingerprint density at radius 2 is 1.94 bits per heavy atom. The number of nitrogens with zero attached hydrogens (tertiary/aromatic N) is 1. The Morgan fingerprint density at radius 3 is 2.29 bits per heavy atom. The van der Waals surface area contributed by atoms with E-state index in [1.807, 2.05) is 10.8 Å². The molecule has 0 amide bonds. The van der Waals surface area contributed by atoms with E-state index in [0.717, 1.165) is 29.5 Å². The normalized spacial score (nSPS) is 17.1. The molecule has 2 unspecified atom stereocenters. The van der Waals surface area contributed by atoms with Gasteiger partial charge in [-0.2, -0.15) is 11.3 Å². The van der Waals surface area contributed by atoms with Crippen LogP contribution < -0.4 is 0 Å². The van der Waals surface area contributed by atoms with E-state index in [-0.39, 0.29) is 5.54 Å². The molecule has 1 aromatic rings. The van der Waals surface area contributed by atoms with Crippen LogP contribution in [0.4, 0.5) is 0 Å². The number of likely N-dealkylation sites (N-methyl/N-ethyl adjacent to an activating group) is 1. The summed E-state index contributed by atoms with van der Waals surface area (Å²) in [6, 6.07) is 0. The molecule has 0 aliphatic carbocycles. The summed E-state index contributed by atoms with van der Waals surface area (Å²) >= 11 is 5.14. The molecule has 1 heterocycles. The van der Waals surface area contributed by atoms with Crippen molar-refractivity contribution in [2.45, 2.75) is 45.8 Å². The van der Waals surface area contributed by atoms with Crippen LogP contribution in [-0.2, 0) is 0 Å². The Labute approximate surface area is 117 Å². The van der Waals surface area contributed by atoms with Crippen LogP contribution in [0, 0.1) is 0 Å². The van der Waals surface area contributed by atoms with Crippen LogP contribution in [0.25, 0.3) is 0 Å². The average Bonchev–Trinajstić information content (AvgIpc) is 2.75. The number of hydrogen-bond acceptors (Lipinski definition) is 3. The molecule has 98 valence electrons. The van der Waals surface area contributed by atoms with Gasteiger partial charge in [0.25, 0.3) is 0 Å². The predicted octanol–water partition coefficient (Wildman–Crippen LogP) is 4.05. The molecule has 0 aromatic carbocycles. The number of hydrogen-bond donors (Lipinski definition) is 1. The molecule has 0 aliphatic heterocycles. The molecule has 1 rings (SSSR count). The lowest BCUT2D eigenvalue weighted by Gasteiger charge is -2.43. The van der Waals surface area contributed by atoms with E-state index in [4.69, 9.17) is 0 Å². The van der Waals surface area contributed by atoms with Gasteiger partial charge in [-0.05, 0) is 47.7 Å². The number of rotatable bonds is 6. The Kier molecular flexibility index (Phi) is 5.64. The quantitative estimate of drug-likeness (QED) is 0.854. The molecule has 2 nitrogen and oxygen atoms in total. The molecule has 2 atom stereocenters. The van der Waals surface area contributed by atoms with E-state index in [9.17, 15) is 5.11 Å². The van der Waals surface area contributed by atoms with Gasteiger partial charge in [-0.25, -0.2) is 0 Å². The highest BCUT2D eigenvalue weighted by Crippen LogP contribution is 2.38. The smallest absolute Gasteiger partial charge is 0.0989 e. The molecule has 0 saturated carbocycles. The zero-order chi connectivity index (χ0) is 13.1. The van der Waals surface area contributed by atoms with Crippen molar-refractivity contribution in [3.8, 4) is 0 Å². The van der Waals surface area contributed by atoms with Crippen LogP contribution in [0.1, 0.15) is 45.8 Å². The largest absolute Gasteiger partial charge is 0.386 e. The lowest BCUT2D eigenvalue weighted by atomic mass is 9.86. The van der Waals surface area contributed by atoms with Crippen molar-refractivity contribution >= 4 is 27.3 Å². The lowest BCUT2D eigenvalue weighted by molar-refractivity contribution is -0.0215. The summed E-state index contributed by atoms with van der Waals surface area (Å²) < 4.78 is 1.02. The molecule has 0 fully saturated rings. The molecular formula is C13H22BrNOS. The van der Waals surface area contributed by atoms with Crippen molar-refractivity contribution in [3.05, 3.63) is 20.8 Å². The van der Waals surface area contributed by atoms with Crippen molar-refractivity contribution < 1.29 is 5.11 Å². The number of halogens is 1. The molecule has 0 radical (unpaired) electrons. The first-order chi connectivity index (χ1) is 8.01. The van der Waals surface area contributed by atoms with E-state index in [0.29, 0.717) is 0 Å². The fourth-order valence-corrected chi connectivity index (χ4v) is 3.89. The molecule has 0 spiro atoms. The van der Waals surface area contributed by atoms with Gasteiger partial charge in [0, 0.05) is 21.0 Å². The van der Waals surface area contributed by atoms with E-state index in [1.165, 1.54) is 0 Å². The summed E-state index contributed by atoms with van der Waals surface area (Å²) in [5.74, 6) is 0. The lowest BCUT2D eigenvalue weighted by Crippen LogP contribution is -2.50. The molecule has 1 aromatic heterocycles. The van der Waals surface area contributed by atoms with E-state index < -0.39 is 6.10 Å². The molecule has 0 saturated heterocycles. The molecule has 0 aliphatic rings. The minimum Gasteiger partial charge on any atom is -0.386 e. The summed E-state index contributed by atoms with van der Waals surface area (Å²) in [5, 5.41) is 14.7. The van der Waals surface area contributed by atoms with Crippen molar-refractivity contribution in [2.24, 2.45) is 0 Å². The maximum absolute atomic E-state index is 10.7. The number of thiophene rings is 1. The summed E-state index contributed by atoms with van der Waals surface area (Å²) in [6.45, 7) is 10.5. The number of aliphatic hydroxyl groups is 1. The Balaban J connectivity index is 3.04. The van der Waals surface area contributed by atoms with Gasteiger partial charge in [0.1, 0.15) is 0 Å². The van der Waals surface area contributed by atoms with Crippen molar-refractivity contribution in [1.82, 2.24) is 4.90 Å². The highest BCUT2D eigenvalue weighted by Gasteiger charge is 2.37. The van der Waals surface area contributed by atoms with Crippen molar-refractivity contribution in [2.75, 3.05) is 13.1 Å². The standard InChI is InChI=1S/C13H22BrNOS/c1-5-13(4,15(6-2)7-3)12(16)10-8-17-9-11(10)14/h8-9,12,16H,5-7H2,1-4H3. The molecule has 1 N–H and O–H groups in total. The minimum atomic E-state index is -0.451. The zero-order valence-corrected chi connectivity index (χ0v) is 13.4. The Bertz CT molecular complexity index is 351. The maximum Gasteiger partial charge on any atom is 0.0989 e. The zero-order valence-electron chi connectivity index (χ0n) is 11.0.